The molecule has 142 valence electrons. The molecule has 1 aromatic heterocycles. The first-order valence-corrected chi connectivity index (χ1v) is 9.33. The number of fused-ring (bicyclic) bond motifs is 1. The smallest absolute Gasteiger partial charge is 0.311 e. The van der Waals surface area contributed by atoms with Crippen LogP contribution in [0.2, 0.25) is 0 Å². The van der Waals surface area contributed by atoms with Gasteiger partial charge in [0.25, 0.3) is 0 Å². The third-order valence-electron chi connectivity index (χ3n) is 5.06. The molecule has 0 aliphatic rings. The fourth-order valence-corrected chi connectivity index (χ4v) is 3.55. The summed E-state index contributed by atoms with van der Waals surface area (Å²) in [6, 6.07) is 16.3. The van der Waals surface area contributed by atoms with Crippen molar-refractivity contribution in [1.29, 1.82) is 0 Å². The largest absolute Gasteiger partial charge is 0.497 e. The van der Waals surface area contributed by atoms with E-state index >= 15 is 0 Å². The molecule has 1 heterocycles. The molecule has 3 rings (SSSR count). The summed E-state index contributed by atoms with van der Waals surface area (Å²) in [5.41, 5.74) is 2.84. The van der Waals surface area contributed by atoms with Crippen LogP contribution < -0.4 is 4.74 Å². The Bertz CT molecular complexity index is 909. The minimum absolute atomic E-state index is 0.0615. The van der Waals surface area contributed by atoms with Crippen LogP contribution >= 0.6 is 0 Å². The number of aromatic amines is 1. The van der Waals surface area contributed by atoms with Crippen LogP contribution in [-0.2, 0) is 9.53 Å². The monoisotopic (exact) mass is 365 g/mol. The molecule has 0 saturated heterocycles. The van der Waals surface area contributed by atoms with Crippen LogP contribution in [0.15, 0.2) is 54.7 Å². The molecule has 1 N–H and O–H groups in total. The van der Waals surface area contributed by atoms with Crippen molar-refractivity contribution >= 4 is 16.9 Å². The zero-order valence-electron chi connectivity index (χ0n) is 16.4. The summed E-state index contributed by atoms with van der Waals surface area (Å²) in [5.74, 6) is 0.718. The summed E-state index contributed by atoms with van der Waals surface area (Å²) in [7, 11) is 1.66. The van der Waals surface area contributed by atoms with Gasteiger partial charge < -0.3 is 14.5 Å². The predicted molar refractivity (Wildman–Crippen MR) is 108 cm³/mol. The highest BCUT2D eigenvalue weighted by molar-refractivity contribution is 5.84. The molecule has 0 aliphatic carbocycles. The number of H-pyrrole nitrogens is 1. The molecule has 0 spiro atoms. The van der Waals surface area contributed by atoms with E-state index in [0.717, 1.165) is 16.8 Å². The Kier molecular flexibility index (Phi) is 5.54. The Labute approximate surface area is 160 Å². The van der Waals surface area contributed by atoms with Crippen LogP contribution in [0.5, 0.6) is 5.75 Å². The summed E-state index contributed by atoms with van der Waals surface area (Å²) in [6.45, 7) is 6.14. The molecule has 2 aromatic carbocycles. The van der Waals surface area contributed by atoms with E-state index in [9.17, 15) is 4.79 Å². The number of ether oxygens (including phenoxy) is 2. The molecule has 0 aliphatic heterocycles. The fourth-order valence-electron chi connectivity index (χ4n) is 3.55. The number of methoxy groups -OCH3 is 1. The average molecular weight is 365 g/mol. The second kappa shape index (κ2) is 7.87. The number of carbonyl (C=O) groups is 1. The average Bonchev–Trinajstić information content (AvgIpc) is 3.10. The van der Waals surface area contributed by atoms with Gasteiger partial charge in [0.2, 0.25) is 0 Å². The number of hydrogen-bond acceptors (Lipinski definition) is 3. The Morgan fingerprint density at radius 3 is 2.48 bits per heavy atom. The van der Waals surface area contributed by atoms with Gasteiger partial charge >= 0.3 is 5.97 Å². The first kappa shape index (κ1) is 19.0. The number of benzene rings is 2. The molecule has 0 radical (unpaired) electrons. The number of rotatable bonds is 7. The van der Waals surface area contributed by atoms with Crippen LogP contribution in [0, 0.1) is 5.41 Å². The standard InChI is InChI=1S/C23H27NO3/c1-5-27-22(25)23(2,3)14-19(16-10-12-17(26-4)13-11-16)20-15-24-21-9-7-6-8-18(20)21/h6-13,15,19,24H,5,14H2,1-4H3. The maximum absolute atomic E-state index is 12.5. The minimum Gasteiger partial charge on any atom is -0.497 e. The molecule has 0 fully saturated rings. The van der Waals surface area contributed by atoms with Gasteiger partial charge in [-0.1, -0.05) is 30.3 Å². The third-order valence-corrected chi connectivity index (χ3v) is 5.06. The second-order valence-electron chi connectivity index (χ2n) is 7.42. The van der Waals surface area contributed by atoms with Gasteiger partial charge in [-0.3, -0.25) is 4.79 Å². The molecule has 3 aromatic rings. The van der Waals surface area contributed by atoms with Crippen LogP contribution in [0.1, 0.15) is 44.2 Å². The lowest BCUT2D eigenvalue weighted by Crippen LogP contribution is -2.29. The summed E-state index contributed by atoms with van der Waals surface area (Å²) in [4.78, 5) is 15.9. The number of aromatic nitrogens is 1. The van der Waals surface area contributed by atoms with Crippen LogP contribution in [0.4, 0.5) is 0 Å². The van der Waals surface area contributed by atoms with Gasteiger partial charge in [-0.2, -0.15) is 0 Å². The summed E-state index contributed by atoms with van der Waals surface area (Å²) < 4.78 is 10.6. The van der Waals surface area contributed by atoms with Gasteiger partial charge in [0.05, 0.1) is 19.1 Å². The fraction of sp³-hybridized carbons (Fsp3) is 0.348. The van der Waals surface area contributed by atoms with E-state index < -0.39 is 5.41 Å². The molecule has 0 amide bonds. The quantitative estimate of drug-likeness (QED) is 0.579. The molecule has 1 unspecified atom stereocenters. The molecule has 1 atom stereocenters. The number of carbonyl (C=O) groups excluding carboxylic acids is 1. The molecular formula is C23H27NO3. The van der Waals surface area contributed by atoms with Crippen molar-refractivity contribution in [1.82, 2.24) is 4.98 Å². The first-order chi connectivity index (χ1) is 13.0. The molecule has 0 saturated carbocycles. The van der Waals surface area contributed by atoms with Crippen molar-refractivity contribution < 1.29 is 14.3 Å². The third kappa shape index (κ3) is 4.00. The van der Waals surface area contributed by atoms with Crippen LogP contribution in [-0.4, -0.2) is 24.7 Å². The lowest BCUT2D eigenvalue weighted by molar-refractivity contribution is -0.153. The van der Waals surface area contributed by atoms with E-state index in [4.69, 9.17) is 9.47 Å². The first-order valence-electron chi connectivity index (χ1n) is 9.33. The van der Waals surface area contributed by atoms with E-state index in [1.165, 1.54) is 10.9 Å². The van der Waals surface area contributed by atoms with Crippen molar-refractivity contribution in [3.8, 4) is 5.75 Å². The van der Waals surface area contributed by atoms with E-state index in [2.05, 4.69) is 35.4 Å². The Balaban J connectivity index is 2.04. The number of hydrogen-bond donors (Lipinski definition) is 1. The Hall–Kier alpha value is -2.75. The van der Waals surface area contributed by atoms with Crippen molar-refractivity contribution in [2.75, 3.05) is 13.7 Å². The van der Waals surface area contributed by atoms with E-state index in [1.807, 2.05) is 45.0 Å². The van der Waals surface area contributed by atoms with Crippen LogP contribution in [0.3, 0.4) is 0 Å². The zero-order valence-corrected chi connectivity index (χ0v) is 16.4. The van der Waals surface area contributed by atoms with Crippen molar-refractivity contribution in [2.24, 2.45) is 5.41 Å². The maximum Gasteiger partial charge on any atom is 0.311 e. The van der Waals surface area contributed by atoms with Gasteiger partial charge in [-0.05, 0) is 56.5 Å². The molecular weight excluding hydrogens is 338 g/mol. The van der Waals surface area contributed by atoms with Crippen molar-refractivity contribution in [2.45, 2.75) is 33.1 Å². The number of nitrogens with one attached hydrogen (secondary N) is 1. The second-order valence-corrected chi connectivity index (χ2v) is 7.42. The highest BCUT2D eigenvalue weighted by atomic mass is 16.5. The highest BCUT2D eigenvalue weighted by Crippen LogP contribution is 2.40. The molecule has 4 nitrogen and oxygen atoms in total. The van der Waals surface area contributed by atoms with Crippen LogP contribution in [0.25, 0.3) is 10.9 Å². The SMILES string of the molecule is CCOC(=O)C(C)(C)CC(c1ccc(OC)cc1)c1c[nH]c2ccccc12. The summed E-state index contributed by atoms with van der Waals surface area (Å²) in [6.07, 6.45) is 2.71. The lowest BCUT2D eigenvalue weighted by atomic mass is 9.77. The van der Waals surface area contributed by atoms with E-state index in [-0.39, 0.29) is 11.9 Å². The summed E-state index contributed by atoms with van der Waals surface area (Å²) >= 11 is 0. The zero-order chi connectivity index (χ0) is 19.4. The number of para-hydroxylation sites is 1. The van der Waals surface area contributed by atoms with Crippen molar-refractivity contribution in [3.05, 3.63) is 65.9 Å². The predicted octanol–water partition coefficient (Wildman–Crippen LogP) is 5.29. The molecule has 4 heteroatoms. The molecule has 27 heavy (non-hydrogen) atoms. The summed E-state index contributed by atoms with van der Waals surface area (Å²) in [5, 5.41) is 1.18. The van der Waals surface area contributed by atoms with Crippen molar-refractivity contribution in [3.63, 3.8) is 0 Å². The minimum atomic E-state index is -0.598. The highest BCUT2D eigenvalue weighted by Gasteiger charge is 2.34. The van der Waals surface area contributed by atoms with Gasteiger partial charge in [0.15, 0.2) is 0 Å². The van der Waals surface area contributed by atoms with Gasteiger partial charge in [-0.25, -0.2) is 0 Å². The Morgan fingerprint density at radius 1 is 1.11 bits per heavy atom. The van der Waals surface area contributed by atoms with Gasteiger partial charge in [0, 0.05) is 23.0 Å². The number of esters is 1. The van der Waals surface area contributed by atoms with E-state index in [0.29, 0.717) is 13.0 Å². The normalized spacial score (nSPS) is 12.7. The Morgan fingerprint density at radius 2 is 1.81 bits per heavy atom. The topological polar surface area (TPSA) is 51.3 Å². The molecule has 0 bridgehead atoms. The van der Waals surface area contributed by atoms with Gasteiger partial charge in [0.1, 0.15) is 5.75 Å². The van der Waals surface area contributed by atoms with Gasteiger partial charge in [-0.15, -0.1) is 0 Å². The maximum atomic E-state index is 12.5. The van der Waals surface area contributed by atoms with E-state index in [1.54, 1.807) is 7.11 Å². The lowest BCUT2D eigenvalue weighted by Gasteiger charge is -2.28.